The van der Waals surface area contributed by atoms with Crippen molar-refractivity contribution in [3.05, 3.63) is 69.8 Å². The van der Waals surface area contributed by atoms with Crippen LogP contribution >= 0.6 is 0 Å². The van der Waals surface area contributed by atoms with Crippen LogP contribution in [-0.4, -0.2) is 16.6 Å². The van der Waals surface area contributed by atoms with E-state index >= 15 is 0 Å². The summed E-state index contributed by atoms with van der Waals surface area (Å²) in [6.07, 6.45) is 0. The third-order valence-electron chi connectivity index (χ3n) is 2.96. The summed E-state index contributed by atoms with van der Waals surface area (Å²) < 4.78 is 27.4. The number of non-ortho nitro benzene ring substituents is 1. The summed E-state index contributed by atoms with van der Waals surface area (Å²) in [6.45, 7) is -0.461. The van der Waals surface area contributed by atoms with Crippen LogP contribution in [0.4, 0.5) is 20.2 Å². The molecule has 1 atom stereocenters. The van der Waals surface area contributed by atoms with E-state index < -0.39 is 29.2 Å². The molecule has 0 fully saturated rings. The lowest BCUT2D eigenvalue weighted by molar-refractivity contribution is -0.385. The Morgan fingerprint density at radius 2 is 1.90 bits per heavy atom. The average Bonchev–Trinajstić information content (AvgIpc) is 2.47. The molecule has 21 heavy (non-hydrogen) atoms. The van der Waals surface area contributed by atoms with E-state index in [1.165, 1.54) is 24.3 Å². The molecule has 0 aliphatic carbocycles. The van der Waals surface area contributed by atoms with Crippen molar-refractivity contribution in [2.24, 2.45) is 0 Å². The Bertz CT molecular complexity index is 664. The molecule has 0 spiro atoms. The van der Waals surface area contributed by atoms with Gasteiger partial charge in [-0.05, 0) is 12.1 Å². The fraction of sp³-hybridized carbons (Fsp3) is 0.143. The highest BCUT2D eigenvalue weighted by molar-refractivity contribution is 5.51. The molecule has 5 nitrogen and oxygen atoms in total. The summed E-state index contributed by atoms with van der Waals surface area (Å²) in [6, 6.07) is 7.99. The normalized spacial score (nSPS) is 12.0. The predicted molar refractivity (Wildman–Crippen MR) is 72.9 cm³/mol. The minimum Gasteiger partial charge on any atom is -0.394 e. The Hall–Kier alpha value is -2.54. The molecule has 0 saturated heterocycles. The molecule has 0 heterocycles. The van der Waals surface area contributed by atoms with Crippen LogP contribution in [-0.2, 0) is 0 Å². The lowest BCUT2D eigenvalue weighted by Gasteiger charge is -2.19. The first-order valence-electron chi connectivity index (χ1n) is 6.08. The number of anilines is 1. The number of nitro benzene ring substituents is 1. The maximum atomic E-state index is 13.8. The van der Waals surface area contributed by atoms with Gasteiger partial charge >= 0.3 is 0 Å². The Balaban J connectivity index is 2.27. The van der Waals surface area contributed by atoms with Crippen molar-refractivity contribution in [3.63, 3.8) is 0 Å². The molecule has 2 rings (SSSR count). The van der Waals surface area contributed by atoms with Crippen molar-refractivity contribution in [1.82, 2.24) is 0 Å². The van der Waals surface area contributed by atoms with Crippen LogP contribution in [0.3, 0.4) is 0 Å². The number of nitrogens with zero attached hydrogens (tertiary/aromatic N) is 1. The van der Waals surface area contributed by atoms with Gasteiger partial charge in [0.1, 0.15) is 5.82 Å². The number of benzene rings is 2. The Morgan fingerprint density at radius 1 is 1.19 bits per heavy atom. The highest BCUT2D eigenvalue weighted by Gasteiger charge is 2.17. The summed E-state index contributed by atoms with van der Waals surface area (Å²) in [5.41, 5.74) is -0.259. The van der Waals surface area contributed by atoms with E-state index in [-0.39, 0.29) is 16.9 Å². The fourth-order valence-corrected chi connectivity index (χ4v) is 1.90. The van der Waals surface area contributed by atoms with E-state index in [0.29, 0.717) is 0 Å². The summed E-state index contributed by atoms with van der Waals surface area (Å²) >= 11 is 0. The molecular weight excluding hydrogens is 282 g/mol. The summed E-state index contributed by atoms with van der Waals surface area (Å²) in [5, 5.41) is 22.5. The minimum absolute atomic E-state index is 0.0529. The van der Waals surface area contributed by atoms with Crippen molar-refractivity contribution >= 4 is 11.4 Å². The number of nitro groups is 1. The quantitative estimate of drug-likeness (QED) is 0.656. The van der Waals surface area contributed by atoms with Crippen molar-refractivity contribution in [3.8, 4) is 0 Å². The van der Waals surface area contributed by atoms with Gasteiger partial charge in [-0.25, -0.2) is 8.78 Å². The van der Waals surface area contributed by atoms with Gasteiger partial charge in [-0.1, -0.05) is 18.2 Å². The molecule has 2 N–H and O–H groups in total. The number of rotatable bonds is 5. The Labute approximate surface area is 119 Å². The zero-order chi connectivity index (χ0) is 15.4. The molecule has 7 heteroatoms. The lowest BCUT2D eigenvalue weighted by atomic mass is 10.1. The molecule has 0 aliphatic heterocycles. The Kier molecular flexibility index (Phi) is 4.44. The molecule has 110 valence electrons. The standard InChI is InChI=1S/C14H12F2N2O3/c15-11-4-2-1-3-10(11)14(8-19)17-13-6-5-9(18(20)21)7-12(13)16/h1-7,14,17,19H,8H2. The van der Waals surface area contributed by atoms with E-state index in [9.17, 15) is 24.0 Å². The second-order valence-corrected chi connectivity index (χ2v) is 4.32. The van der Waals surface area contributed by atoms with Crippen LogP contribution in [0, 0.1) is 21.7 Å². The van der Waals surface area contributed by atoms with Gasteiger partial charge in [0.2, 0.25) is 0 Å². The number of nitrogens with one attached hydrogen (secondary N) is 1. The van der Waals surface area contributed by atoms with E-state index in [1.807, 2.05) is 0 Å². The fourth-order valence-electron chi connectivity index (χ4n) is 1.90. The highest BCUT2D eigenvalue weighted by Crippen LogP contribution is 2.26. The summed E-state index contributed by atoms with van der Waals surface area (Å²) in [7, 11) is 0. The maximum absolute atomic E-state index is 13.8. The molecule has 0 radical (unpaired) electrons. The number of aliphatic hydroxyl groups is 1. The van der Waals surface area contributed by atoms with Crippen molar-refractivity contribution < 1.29 is 18.8 Å². The molecule has 0 amide bonds. The van der Waals surface area contributed by atoms with Gasteiger partial charge in [0.25, 0.3) is 5.69 Å². The molecule has 2 aromatic carbocycles. The lowest BCUT2D eigenvalue weighted by Crippen LogP contribution is -2.17. The van der Waals surface area contributed by atoms with E-state index in [2.05, 4.69) is 5.32 Å². The first kappa shape index (κ1) is 14.9. The average molecular weight is 294 g/mol. The van der Waals surface area contributed by atoms with Crippen LogP contribution in [0.5, 0.6) is 0 Å². The summed E-state index contributed by atoms with van der Waals surface area (Å²) in [5.74, 6) is -1.38. The molecule has 0 aliphatic rings. The Morgan fingerprint density at radius 3 is 2.48 bits per heavy atom. The molecule has 0 saturated carbocycles. The van der Waals surface area contributed by atoms with Gasteiger partial charge in [-0.2, -0.15) is 0 Å². The topological polar surface area (TPSA) is 75.4 Å². The monoisotopic (exact) mass is 294 g/mol. The molecule has 2 aromatic rings. The minimum atomic E-state index is -0.859. The third-order valence-corrected chi connectivity index (χ3v) is 2.96. The first-order valence-corrected chi connectivity index (χ1v) is 6.08. The smallest absolute Gasteiger partial charge is 0.272 e. The van der Waals surface area contributed by atoms with E-state index in [4.69, 9.17) is 0 Å². The number of hydrogen-bond acceptors (Lipinski definition) is 4. The zero-order valence-corrected chi connectivity index (χ0v) is 10.8. The second kappa shape index (κ2) is 6.27. The van der Waals surface area contributed by atoms with Gasteiger partial charge in [0.05, 0.1) is 29.3 Å². The maximum Gasteiger partial charge on any atom is 0.272 e. The van der Waals surface area contributed by atoms with E-state index in [1.54, 1.807) is 6.07 Å². The van der Waals surface area contributed by atoms with Gasteiger partial charge in [-0.3, -0.25) is 10.1 Å². The second-order valence-electron chi connectivity index (χ2n) is 4.32. The van der Waals surface area contributed by atoms with Gasteiger partial charge in [0.15, 0.2) is 5.82 Å². The predicted octanol–water partition coefficient (Wildman–Crippen LogP) is 3.02. The summed E-state index contributed by atoms with van der Waals surface area (Å²) in [4.78, 5) is 9.82. The number of hydrogen-bond donors (Lipinski definition) is 2. The van der Waals surface area contributed by atoms with Crippen molar-refractivity contribution in [2.45, 2.75) is 6.04 Å². The van der Waals surface area contributed by atoms with Gasteiger partial charge < -0.3 is 10.4 Å². The van der Waals surface area contributed by atoms with Gasteiger partial charge in [-0.15, -0.1) is 0 Å². The molecule has 1 unspecified atom stereocenters. The van der Waals surface area contributed by atoms with Crippen LogP contribution < -0.4 is 5.32 Å². The van der Waals surface area contributed by atoms with Crippen LogP contribution in [0.25, 0.3) is 0 Å². The highest BCUT2D eigenvalue weighted by atomic mass is 19.1. The van der Waals surface area contributed by atoms with E-state index in [0.717, 1.165) is 12.1 Å². The number of aliphatic hydroxyl groups excluding tert-OH is 1. The van der Waals surface area contributed by atoms with Crippen LogP contribution in [0.2, 0.25) is 0 Å². The van der Waals surface area contributed by atoms with Crippen molar-refractivity contribution in [1.29, 1.82) is 0 Å². The van der Waals surface area contributed by atoms with Gasteiger partial charge in [0, 0.05) is 11.6 Å². The van der Waals surface area contributed by atoms with Crippen LogP contribution in [0.15, 0.2) is 42.5 Å². The SMILES string of the molecule is O=[N+]([O-])c1ccc(NC(CO)c2ccccc2F)c(F)c1. The molecule has 0 aromatic heterocycles. The zero-order valence-electron chi connectivity index (χ0n) is 10.8. The van der Waals surface area contributed by atoms with Crippen molar-refractivity contribution in [2.75, 3.05) is 11.9 Å². The number of halogens is 2. The first-order chi connectivity index (χ1) is 10.0. The largest absolute Gasteiger partial charge is 0.394 e. The molecule has 0 bridgehead atoms. The third kappa shape index (κ3) is 3.32. The molecular formula is C14H12F2N2O3. The van der Waals surface area contributed by atoms with Crippen LogP contribution in [0.1, 0.15) is 11.6 Å².